The largest absolute Gasteiger partial charge is 0.214 e. The Morgan fingerprint density at radius 1 is 1.31 bits per heavy atom. The minimum Gasteiger partial charge on any atom is -0.212 e. The summed E-state index contributed by atoms with van der Waals surface area (Å²) in [4.78, 5) is 0. The average molecular weight is 268 g/mol. The number of alkyl halides is 1. The van der Waals surface area contributed by atoms with Gasteiger partial charge in [-0.25, -0.2) is 8.42 Å². The predicted octanol–water partition coefficient (Wildman–Crippen LogP) is 2.31. The summed E-state index contributed by atoms with van der Waals surface area (Å²) in [6, 6.07) is 0.0492. The highest BCUT2D eigenvalue weighted by atomic mass is 35.5. The lowest BCUT2D eigenvalue weighted by molar-refractivity contribution is 0.339. The van der Waals surface area contributed by atoms with Crippen LogP contribution in [0.5, 0.6) is 0 Å². The van der Waals surface area contributed by atoms with Crippen LogP contribution in [0.25, 0.3) is 0 Å². The van der Waals surface area contributed by atoms with Gasteiger partial charge in [0, 0.05) is 18.5 Å². The monoisotopic (exact) mass is 267 g/mol. The summed E-state index contributed by atoms with van der Waals surface area (Å²) < 4.78 is 26.0. The Labute approximate surface area is 104 Å². The van der Waals surface area contributed by atoms with Crippen molar-refractivity contribution in [2.75, 3.05) is 18.2 Å². The Morgan fingerprint density at radius 3 is 2.25 bits per heavy atom. The lowest BCUT2D eigenvalue weighted by Gasteiger charge is -2.27. The molecule has 1 rings (SSSR count). The average Bonchev–Trinajstić information content (AvgIpc) is 2.95. The van der Waals surface area contributed by atoms with E-state index in [4.69, 9.17) is 11.6 Å². The van der Waals surface area contributed by atoms with Crippen molar-refractivity contribution in [3.8, 4) is 0 Å². The van der Waals surface area contributed by atoms with Crippen LogP contribution in [0.3, 0.4) is 0 Å². The van der Waals surface area contributed by atoms with Crippen molar-refractivity contribution in [3.05, 3.63) is 0 Å². The van der Waals surface area contributed by atoms with E-state index in [9.17, 15) is 8.42 Å². The molecule has 0 aromatic rings. The summed E-state index contributed by atoms with van der Waals surface area (Å²) in [5.41, 5.74) is 0. The molecule has 1 saturated carbocycles. The van der Waals surface area contributed by atoms with Crippen molar-refractivity contribution in [3.63, 3.8) is 0 Å². The predicted molar refractivity (Wildman–Crippen MR) is 68.2 cm³/mol. The molecule has 16 heavy (non-hydrogen) atoms. The van der Waals surface area contributed by atoms with Gasteiger partial charge in [-0.2, -0.15) is 4.31 Å². The molecule has 0 heterocycles. The van der Waals surface area contributed by atoms with Gasteiger partial charge in [-0.05, 0) is 38.5 Å². The van der Waals surface area contributed by atoms with Crippen LogP contribution in [0, 0.1) is 11.8 Å². The first kappa shape index (κ1) is 14.3. The number of halogens is 1. The van der Waals surface area contributed by atoms with E-state index in [1.165, 1.54) is 12.8 Å². The van der Waals surface area contributed by atoms with Crippen LogP contribution in [0.2, 0.25) is 0 Å². The van der Waals surface area contributed by atoms with E-state index in [1.54, 1.807) is 4.31 Å². The van der Waals surface area contributed by atoms with E-state index in [1.807, 2.05) is 20.8 Å². The first-order valence-corrected chi connectivity index (χ1v) is 8.06. The van der Waals surface area contributed by atoms with Gasteiger partial charge in [-0.15, -0.1) is 11.6 Å². The lowest BCUT2D eigenvalue weighted by Crippen LogP contribution is -2.41. The minimum atomic E-state index is -3.14. The van der Waals surface area contributed by atoms with E-state index >= 15 is 0 Å². The molecule has 0 amide bonds. The van der Waals surface area contributed by atoms with Gasteiger partial charge in [0.2, 0.25) is 10.0 Å². The Balaban J connectivity index is 2.66. The van der Waals surface area contributed by atoms with Crippen molar-refractivity contribution < 1.29 is 8.42 Å². The first-order valence-electron chi connectivity index (χ1n) is 5.92. The standard InChI is InChI=1S/C11H22ClNO2S/c1-9(2)13(7-11-4-5-11)16(14,15)8-10(3)6-12/h9-11H,4-8H2,1-3H3. The maximum absolute atomic E-state index is 12.2. The second-order valence-electron chi connectivity index (χ2n) is 5.14. The molecular weight excluding hydrogens is 246 g/mol. The molecule has 3 nitrogen and oxygen atoms in total. The van der Waals surface area contributed by atoms with Crippen LogP contribution in [-0.2, 0) is 10.0 Å². The number of rotatable bonds is 7. The van der Waals surface area contributed by atoms with E-state index in [0.29, 0.717) is 18.3 Å². The molecule has 96 valence electrons. The van der Waals surface area contributed by atoms with Gasteiger partial charge in [-0.3, -0.25) is 0 Å². The van der Waals surface area contributed by atoms with Gasteiger partial charge in [0.1, 0.15) is 0 Å². The number of sulfonamides is 1. The van der Waals surface area contributed by atoms with Crippen LogP contribution in [0.1, 0.15) is 33.6 Å². The smallest absolute Gasteiger partial charge is 0.212 e. The molecule has 1 aliphatic carbocycles. The summed E-state index contributed by atoms with van der Waals surface area (Å²) in [6.45, 7) is 6.44. The molecule has 0 aliphatic heterocycles. The van der Waals surface area contributed by atoms with E-state index < -0.39 is 10.0 Å². The first-order chi connectivity index (χ1) is 7.36. The molecule has 0 aromatic carbocycles. The number of hydrogen-bond acceptors (Lipinski definition) is 2. The Hall–Kier alpha value is 0.200. The van der Waals surface area contributed by atoms with Crippen LogP contribution < -0.4 is 0 Å². The molecule has 0 radical (unpaired) electrons. The van der Waals surface area contributed by atoms with Crippen LogP contribution in [-0.4, -0.2) is 36.9 Å². The zero-order valence-corrected chi connectivity index (χ0v) is 11.9. The fraction of sp³-hybridized carbons (Fsp3) is 1.00. The molecular formula is C11H22ClNO2S. The maximum Gasteiger partial charge on any atom is 0.214 e. The van der Waals surface area contributed by atoms with Crippen molar-refractivity contribution in [1.82, 2.24) is 4.31 Å². The quantitative estimate of drug-likeness (QED) is 0.664. The van der Waals surface area contributed by atoms with Crippen molar-refractivity contribution in [1.29, 1.82) is 0 Å². The third-order valence-corrected chi connectivity index (χ3v) is 5.63. The highest BCUT2D eigenvalue weighted by molar-refractivity contribution is 7.89. The molecule has 0 aromatic heterocycles. The minimum absolute atomic E-state index is 0.0205. The number of hydrogen-bond donors (Lipinski definition) is 0. The second kappa shape index (κ2) is 5.69. The van der Waals surface area contributed by atoms with Gasteiger partial charge < -0.3 is 0 Å². The topological polar surface area (TPSA) is 37.4 Å². The molecule has 1 fully saturated rings. The van der Waals surface area contributed by atoms with Crippen molar-refractivity contribution in [2.45, 2.75) is 39.7 Å². The van der Waals surface area contributed by atoms with E-state index in [2.05, 4.69) is 0 Å². The maximum atomic E-state index is 12.2. The molecule has 5 heteroatoms. The molecule has 0 saturated heterocycles. The SMILES string of the molecule is CC(CCl)CS(=O)(=O)N(CC1CC1)C(C)C. The summed E-state index contributed by atoms with van der Waals surface area (Å²) >= 11 is 5.68. The molecule has 0 bridgehead atoms. The third-order valence-electron chi connectivity index (χ3n) is 2.83. The fourth-order valence-corrected chi connectivity index (χ4v) is 4.05. The fourth-order valence-electron chi connectivity index (χ4n) is 1.70. The summed E-state index contributed by atoms with van der Waals surface area (Å²) in [5.74, 6) is 1.17. The zero-order chi connectivity index (χ0) is 12.3. The van der Waals surface area contributed by atoms with Gasteiger partial charge in [0.15, 0.2) is 0 Å². The van der Waals surface area contributed by atoms with Gasteiger partial charge in [0.05, 0.1) is 5.75 Å². The lowest BCUT2D eigenvalue weighted by atomic mass is 10.3. The van der Waals surface area contributed by atoms with Gasteiger partial charge >= 0.3 is 0 Å². The van der Waals surface area contributed by atoms with Crippen LogP contribution in [0.4, 0.5) is 0 Å². The molecule has 1 aliphatic rings. The highest BCUT2D eigenvalue weighted by Gasteiger charge is 2.32. The van der Waals surface area contributed by atoms with Crippen LogP contribution in [0.15, 0.2) is 0 Å². The summed E-state index contributed by atoms with van der Waals surface area (Å²) in [5, 5.41) is 0. The normalized spacial score (nSPS) is 19.4. The molecule has 0 N–H and O–H groups in total. The highest BCUT2D eigenvalue weighted by Crippen LogP contribution is 2.31. The second-order valence-corrected chi connectivity index (χ2v) is 7.42. The zero-order valence-electron chi connectivity index (χ0n) is 10.3. The van der Waals surface area contributed by atoms with E-state index in [-0.39, 0.29) is 17.7 Å². The van der Waals surface area contributed by atoms with E-state index in [0.717, 1.165) is 0 Å². The van der Waals surface area contributed by atoms with Crippen molar-refractivity contribution >= 4 is 21.6 Å². The summed E-state index contributed by atoms with van der Waals surface area (Å²) in [7, 11) is -3.14. The van der Waals surface area contributed by atoms with Crippen LogP contribution >= 0.6 is 11.6 Å². The molecule has 1 atom stereocenters. The number of nitrogens with zero attached hydrogens (tertiary/aromatic N) is 1. The Kier molecular flexibility index (Phi) is 5.08. The van der Waals surface area contributed by atoms with Gasteiger partial charge in [0.25, 0.3) is 0 Å². The molecule has 0 spiro atoms. The summed E-state index contributed by atoms with van der Waals surface area (Å²) in [6.07, 6.45) is 2.34. The third kappa shape index (κ3) is 4.22. The van der Waals surface area contributed by atoms with Gasteiger partial charge in [-0.1, -0.05) is 6.92 Å². The van der Waals surface area contributed by atoms with Crippen molar-refractivity contribution in [2.24, 2.45) is 11.8 Å². The Bertz CT molecular complexity index is 312. The Morgan fingerprint density at radius 2 is 1.88 bits per heavy atom. The molecule has 1 unspecified atom stereocenters.